The van der Waals surface area contributed by atoms with Crippen molar-refractivity contribution in [1.29, 1.82) is 0 Å². The second-order valence-corrected chi connectivity index (χ2v) is 3.78. The van der Waals surface area contributed by atoms with Crippen LogP contribution in [0.1, 0.15) is 5.56 Å². The minimum Gasteiger partial charge on any atom is -0.496 e. The molecule has 7 nitrogen and oxygen atoms in total. The van der Waals surface area contributed by atoms with E-state index in [0.29, 0.717) is 11.3 Å². The molecule has 1 aromatic heterocycles. The number of rotatable bonds is 4. The van der Waals surface area contributed by atoms with Crippen molar-refractivity contribution in [3.05, 3.63) is 62.8 Å². The first kappa shape index (κ1) is 12.7. The summed E-state index contributed by atoms with van der Waals surface area (Å²) in [4.78, 5) is 25.4. The van der Waals surface area contributed by atoms with E-state index in [1.54, 1.807) is 12.3 Å². The van der Waals surface area contributed by atoms with Crippen LogP contribution in [0.15, 0.2) is 41.5 Å². The fourth-order valence-corrected chi connectivity index (χ4v) is 1.69. The third-order valence-electron chi connectivity index (χ3n) is 2.60. The Hall–Kier alpha value is -2.70. The van der Waals surface area contributed by atoms with E-state index >= 15 is 0 Å². The van der Waals surface area contributed by atoms with E-state index in [4.69, 9.17) is 4.74 Å². The van der Waals surface area contributed by atoms with Crippen LogP contribution in [0, 0.1) is 10.1 Å². The first-order valence-corrected chi connectivity index (χ1v) is 5.44. The standard InChI is InChI=1S/C12H11N3O4/c1-19-11-4-3-10(15(17)18)7-9(11)8-14-6-2-5-13-12(14)16/h2-7H,8H2,1H3. The average molecular weight is 261 g/mol. The van der Waals surface area contributed by atoms with Gasteiger partial charge in [-0.25, -0.2) is 9.78 Å². The molecule has 19 heavy (non-hydrogen) atoms. The monoisotopic (exact) mass is 261 g/mol. The van der Waals surface area contributed by atoms with Crippen molar-refractivity contribution >= 4 is 5.69 Å². The Kier molecular flexibility index (Phi) is 3.56. The van der Waals surface area contributed by atoms with Gasteiger partial charge in [0.1, 0.15) is 5.75 Å². The van der Waals surface area contributed by atoms with Crippen molar-refractivity contribution in [2.75, 3.05) is 7.11 Å². The number of ether oxygens (including phenoxy) is 1. The van der Waals surface area contributed by atoms with Crippen molar-refractivity contribution in [1.82, 2.24) is 9.55 Å². The molecule has 0 N–H and O–H groups in total. The molecule has 1 aromatic carbocycles. The van der Waals surface area contributed by atoms with Crippen molar-refractivity contribution < 1.29 is 9.66 Å². The minimum absolute atomic E-state index is 0.0484. The van der Waals surface area contributed by atoms with E-state index < -0.39 is 10.6 Å². The van der Waals surface area contributed by atoms with Gasteiger partial charge in [0.05, 0.1) is 18.6 Å². The Balaban J connectivity index is 2.43. The molecule has 0 spiro atoms. The fourth-order valence-electron chi connectivity index (χ4n) is 1.69. The highest BCUT2D eigenvalue weighted by atomic mass is 16.6. The number of non-ortho nitro benzene ring substituents is 1. The summed E-state index contributed by atoms with van der Waals surface area (Å²) in [5, 5.41) is 10.8. The Morgan fingerprint density at radius 2 is 2.26 bits per heavy atom. The normalized spacial score (nSPS) is 10.2. The van der Waals surface area contributed by atoms with E-state index in [0.717, 1.165) is 0 Å². The van der Waals surface area contributed by atoms with E-state index in [1.807, 2.05) is 0 Å². The molecule has 0 radical (unpaired) electrons. The molecule has 7 heteroatoms. The zero-order valence-corrected chi connectivity index (χ0v) is 10.1. The van der Waals surface area contributed by atoms with Crippen molar-refractivity contribution in [3.8, 4) is 5.75 Å². The van der Waals surface area contributed by atoms with Crippen molar-refractivity contribution in [2.45, 2.75) is 6.54 Å². The highest BCUT2D eigenvalue weighted by Crippen LogP contribution is 2.24. The summed E-state index contributed by atoms with van der Waals surface area (Å²) < 4.78 is 6.48. The number of aromatic nitrogens is 2. The van der Waals surface area contributed by atoms with Crippen LogP contribution in [-0.2, 0) is 6.54 Å². The fraction of sp³-hybridized carbons (Fsp3) is 0.167. The van der Waals surface area contributed by atoms with Gasteiger partial charge in [0.2, 0.25) is 0 Å². The van der Waals surface area contributed by atoms with Gasteiger partial charge in [-0.3, -0.25) is 14.7 Å². The highest BCUT2D eigenvalue weighted by Gasteiger charge is 2.12. The summed E-state index contributed by atoms with van der Waals surface area (Å²) in [5.74, 6) is 0.487. The Morgan fingerprint density at radius 1 is 1.47 bits per heavy atom. The number of benzene rings is 1. The molecule has 98 valence electrons. The van der Waals surface area contributed by atoms with Gasteiger partial charge in [-0.2, -0.15) is 0 Å². The molecule has 0 unspecified atom stereocenters. The maximum atomic E-state index is 11.5. The number of nitro groups is 1. The van der Waals surface area contributed by atoms with E-state index in [-0.39, 0.29) is 12.2 Å². The lowest BCUT2D eigenvalue weighted by Crippen LogP contribution is -2.22. The Labute approximate surface area is 108 Å². The van der Waals surface area contributed by atoms with Crippen LogP contribution in [0.5, 0.6) is 5.75 Å². The largest absolute Gasteiger partial charge is 0.496 e. The molecule has 0 aliphatic rings. The number of hydrogen-bond donors (Lipinski definition) is 0. The first-order valence-electron chi connectivity index (χ1n) is 5.44. The number of nitrogens with zero attached hydrogens (tertiary/aromatic N) is 3. The number of nitro benzene ring substituents is 1. The lowest BCUT2D eigenvalue weighted by atomic mass is 10.1. The van der Waals surface area contributed by atoms with Gasteiger partial charge in [0, 0.05) is 30.1 Å². The van der Waals surface area contributed by atoms with Crippen LogP contribution in [-0.4, -0.2) is 21.6 Å². The van der Waals surface area contributed by atoms with Gasteiger partial charge in [-0.05, 0) is 12.1 Å². The summed E-state index contributed by atoms with van der Waals surface area (Å²) in [6, 6.07) is 5.87. The van der Waals surface area contributed by atoms with Crippen LogP contribution in [0.2, 0.25) is 0 Å². The predicted molar refractivity (Wildman–Crippen MR) is 67.2 cm³/mol. The molecular formula is C12H11N3O4. The van der Waals surface area contributed by atoms with E-state index in [1.165, 1.54) is 36.1 Å². The maximum Gasteiger partial charge on any atom is 0.347 e. The highest BCUT2D eigenvalue weighted by molar-refractivity contribution is 5.43. The smallest absolute Gasteiger partial charge is 0.347 e. The van der Waals surface area contributed by atoms with Crippen molar-refractivity contribution in [2.24, 2.45) is 0 Å². The third kappa shape index (κ3) is 2.76. The summed E-state index contributed by atoms with van der Waals surface area (Å²) in [6.07, 6.45) is 2.96. The topological polar surface area (TPSA) is 87.3 Å². The van der Waals surface area contributed by atoms with Gasteiger partial charge in [0.25, 0.3) is 5.69 Å². The molecule has 0 fully saturated rings. The van der Waals surface area contributed by atoms with Gasteiger partial charge >= 0.3 is 5.69 Å². The van der Waals surface area contributed by atoms with Crippen LogP contribution >= 0.6 is 0 Å². The minimum atomic E-state index is -0.491. The maximum absolute atomic E-state index is 11.5. The summed E-state index contributed by atoms with van der Waals surface area (Å²) >= 11 is 0. The zero-order chi connectivity index (χ0) is 13.8. The van der Waals surface area contributed by atoms with Gasteiger partial charge in [-0.1, -0.05) is 0 Å². The van der Waals surface area contributed by atoms with E-state index in [2.05, 4.69) is 4.98 Å². The molecule has 2 rings (SSSR count). The van der Waals surface area contributed by atoms with Crippen LogP contribution in [0.25, 0.3) is 0 Å². The number of methoxy groups -OCH3 is 1. The molecule has 0 aliphatic heterocycles. The molecule has 0 aliphatic carbocycles. The lowest BCUT2D eigenvalue weighted by Gasteiger charge is -2.09. The van der Waals surface area contributed by atoms with Crippen LogP contribution in [0.4, 0.5) is 5.69 Å². The SMILES string of the molecule is COc1ccc([N+](=O)[O-])cc1Cn1cccnc1=O. The molecule has 0 bridgehead atoms. The molecule has 0 saturated heterocycles. The van der Waals surface area contributed by atoms with Gasteiger partial charge in [-0.15, -0.1) is 0 Å². The Morgan fingerprint density at radius 3 is 2.89 bits per heavy atom. The quantitative estimate of drug-likeness (QED) is 0.609. The molecule has 1 heterocycles. The molecule has 0 saturated carbocycles. The van der Waals surface area contributed by atoms with Crippen LogP contribution in [0.3, 0.4) is 0 Å². The van der Waals surface area contributed by atoms with E-state index in [9.17, 15) is 14.9 Å². The molecule has 0 amide bonds. The van der Waals surface area contributed by atoms with Crippen molar-refractivity contribution in [3.63, 3.8) is 0 Å². The third-order valence-corrected chi connectivity index (χ3v) is 2.60. The summed E-state index contributed by atoms with van der Waals surface area (Å²) in [6.45, 7) is 0.164. The molecule has 2 aromatic rings. The molecule has 0 atom stereocenters. The van der Waals surface area contributed by atoms with Gasteiger partial charge < -0.3 is 4.74 Å². The predicted octanol–water partition coefficient (Wildman–Crippen LogP) is 1.21. The number of hydrogen-bond acceptors (Lipinski definition) is 5. The summed E-state index contributed by atoms with van der Waals surface area (Å²) in [5.41, 5.74) is 0.0793. The second-order valence-electron chi connectivity index (χ2n) is 3.78. The first-order chi connectivity index (χ1) is 9.11. The second kappa shape index (κ2) is 5.30. The lowest BCUT2D eigenvalue weighted by molar-refractivity contribution is -0.384. The zero-order valence-electron chi connectivity index (χ0n) is 10.1. The Bertz CT molecular complexity index is 666. The van der Waals surface area contributed by atoms with Crippen LogP contribution < -0.4 is 10.4 Å². The summed E-state index contributed by atoms with van der Waals surface area (Å²) in [7, 11) is 1.47. The average Bonchev–Trinajstić information content (AvgIpc) is 2.41. The molecular weight excluding hydrogens is 250 g/mol. The van der Waals surface area contributed by atoms with Gasteiger partial charge in [0.15, 0.2) is 0 Å².